The average molecular weight is 549 g/mol. The number of rotatable bonds is 9. The number of hydrogen-bond acceptors (Lipinski definition) is 6. The first kappa shape index (κ1) is 25.9. The van der Waals surface area contributed by atoms with Crippen LogP contribution in [0.3, 0.4) is 0 Å². The Morgan fingerprint density at radius 1 is 1.14 bits per heavy atom. The summed E-state index contributed by atoms with van der Waals surface area (Å²) in [6.07, 6.45) is 3.82. The number of halogens is 1. The van der Waals surface area contributed by atoms with E-state index in [1.54, 1.807) is 24.3 Å². The number of aromatic nitrogens is 1. The summed E-state index contributed by atoms with van der Waals surface area (Å²) in [6, 6.07) is 16.6. The van der Waals surface area contributed by atoms with Gasteiger partial charge in [0.05, 0.1) is 5.56 Å². The number of fused-ring (bicyclic) bond motifs is 1. The van der Waals surface area contributed by atoms with Gasteiger partial charge in [-0.2, -0.15) is 9.98 Å². The van der Waals surface area contributed by atoms with Crippen LogP contribution in [0.2, 0.25) is 0 Å². The Hall–Kier alpha value is -3.17. The fraction of sp³-hybridized carbons (Fsp3) is 0.130. The molecule has 0 bridgehead atoms. The zero-order valence-corrected chi connectivity index (χ0v) is 21.0. The zero-order chi connectivity index (χ0) is 25.9. The highest BCUT2D eigenvalue weighted by molar-refractivity contribution is 7.92. The zero-order valence-electron chi connectivity index (χ0n) is 18.5. The van der Waals surface area contributed by atoms with Crippen molar-refractivity contribution in [2.75, 3.05) is 6.61 Å². The van der Waals surface area contributed by atoms with Crippen molar-refractivity contribution >= 4 is 39.0 Å². The monoisotopic (exact) mass is 548 g/mol. The molecule has 1 unspecified atom stereocenters. The molecule has 186 valence electrons. The SMILES string of the molecule is N#Cc1ccc(C(NS(=O)(=O)c2cc3cc(OCC[n+]4ccccc4)ccc3s2)P(=O)(O)O)cc1F. The molecule has 0 saturated heterocycles. The van der Waals surface area contributed by atoms with Crippen LogP contribution in [0.25, 0.3) is 10.1 Å². The third-order valence-electron chi connectivity index (χ3n) is 5.16. The van der Waals surface area contributed by atoms with Crippen LogP contribution < -0.4 is 14.0 Å². The van der Waals surface area contributed by atoms with E-state index in [1.807, 2.05) is 39.9 Å². The summed E-state index contributed by atoms with van der Waals surface area (Å²) < 4.78 is 62.4. The summed E-state index contributed by atoms with van der Waals surface area (Å²) in [4.78, 5) is 19.6. The molecular weight excluding hydrogens is 528 g/mol. The Balaban J connectivity index is 1.55. The van der Waals surface area contributed by atoms with E-state index in [-0.39, 0.29) is 15.3 Å². The standard InChI is InChI=1S/C23H19FN3O6PS2/c24-20-13-16(4-5-17(20)15-25)23(34(28,29)30)26-36(31,32)22-14-18-12-19(6-7-21(18)35-22)33-11-10-27-8-2-1-3-9-27/h1-9,12-14,23,26H,10-11H2,(H-,28,29,30)/p+1. The first-order valence-corrected chi connectivity index (χ1v) is 14.4. The van der Waals surface area contributed by atoms with Gasteiger partial charge in [-0.05, 0) is 47.3 Å². The van der Waals surface area contributed by atoms with Crippen LogP contribution in [0.5, 0.6) is 5.75 Å². The van der Waals surface area contributed by atoms with E-state index in [9.17, 15) is 27.2 Å². The van der Waals surface area contributed by atoms with Crippen molar-refractivity contribution in [3.8, 4) is 11.8 Å². The molecule has 36 heavy (non-hydrogen) atoms. The van der Waals surface area contributed by atoms with Gasteiger partial charge in [-0.3, -0.25) is 4.57 Å². The lowest BCUT2D eigenvalue weighted by Gasteiger charge is -2.20. The van der Waals surface area contributed by atoms with E-state index in [0.717, 1.165) is 29.5 Å². The van der Waals surface area contributed by atoms with Crippen molar-refractivity contribution in [2.24, 2.45) is 0 Å². The number of pyridine rings is 1. The fourth-order valence-corrected chi connectivity index (χ4v) is 7.37. The molecule has 2 heterocycles. The van der Waals surface area contributed by atoms with Crippen molar-refractivity contribution in [2.45, 2.75) is 16.5 Å². The minimum absolute atomic E-state index is 0.179. The summed E-state index contributed by atoms with van der Waals surface area (Å²) in [5.41, 5.74) is -0.646. The smallest absolute Gasteiger partial charge is 0.347 e. The van der Waals surface area contributed by atoms with Crippen LogP contribution in [0, 0.1) is 17.1 Å². The van der Waals surface area contributed by atoms with Gasteiger partial charge in [-0.25, -0.2) is 17.4 Å². The Kier molecular flexibility index (Phi) is 7.51. The van der Waals surface area contributed by atoms with E-state index in [0.29, 0.717) is 29.0 Å². The molecular formula is C23H20FN3O6PS2+. The summed E-state index contributed by atoms with van der Waals surface area (Å²) in [5, 5.41) is 9.44. The maximum Gasteiger partial charge on any atom is 0.347 e. The summed E-state index contributed by atoms with van der Waals surface area (Å²) >= 11 is 0.910. The number of sulfonamides is 1. The topological polar surface area (TPSA) is 141 Å². The van der Waals surface area contributed by atoms with E-state index in [2.05, 4.69) is 0 Å². The number of nitrogens with one attached hydrogen (secondary N) is 1. The Morgan fingerprint density at radius 3 is 2.56 bits per heavy atom. The predicted octanol–water partition coefficient (Wildman–Crippen LogP) is 3.43. The number of thiophene rings is 1. The second-order valence-electron chi connectivity index (χ2n) is 7.69. The molecule has 4 rings (SSSR count). The number of nitriles is 1. The first-order valence-electron chi connectivity index (χ1n) is 10.4. The highest BCUT2D eigenvalue weighted by atomic mass is 32.2. The quantitative estimate of drug-likeness (QED) is 0.215. The Morgan fingerprint density at radius 2 is 1.89 bits per heavy atom. The minimum Gasteiger partial charge on any atom is -0.487 e. The molecule has 13 heteroatoms. The molecule has 3 N–H and O–H groups in total. The second-order valence-corrected chi connectivity index (χ2v) is 12.4. The molecule has 0 radical (unpaired) electrons. The van der Waals surface area contributed by atoms with Crippen molar-refractivity contribution in [1.29, 1.82) is 5.26 Å². The third kappa shape index (κ3) is 5.96. The first-order chi connectivity index (χ1) is 17.1. The molecule has 0 fully saturated rings. The van der Waals surface area contributed by atoms with Crippen LogP contribution in [-0.4, -0.2) is 24.8 Å². The van der Waals surface area contributed by atoms with Gasteiger partial charge >= 0.3 is 7.60 Å². The average Bonchev–Trinajstić information content (AvgIpc) is 3.27. The summed E-state index contributed by atoms with van der Waals surface area (Å²) in [7, 11) is -9.50. The predicted molar refractivity (Wildman–Crippen MR) is 130 cm³/mol. The molecule has 0 aliphatic rings. The van der Waals surface area contributed by atoms with Gasteiger partial charge in [0, 0.05) is 16.8 Å². The van der Waals surface area contributed by atoms with E-state index in [1.165, 1.54) is 6.07 Å². The molecule has 0 saturated carbocycles. The highest BCUT2D eigenvalue weighted by Gasteiger charge is 2.36. The maximum absolute atomic E-state index is 14.1. The van der Waals surface area contributed by atoms with Gasteiger partial charge in [0.2, 0.25) is 0 Å². The lowest BCUT2D eigenvalue weighted by molar-refractivity contribution is -0.697. The molecule has 0 amide bonds. The molecule has 0 aliphatic heterocycles. The van der Waals surface area contributed by atoms with Crippen LogP contribution in [0.4, 0.5) is 4.39 Å². The number of ether oxygens (including phenoxy) is 1. The van der Waals surface area contributed by atoms with E-state index in [4.69, 9.17) is 10.00 Å². The lowest BCUT2D eigenvalue weighted by Crippen LogP contribution is -2.35. The van der Waals surface area contributed by atoms with Gasteiger partial charge in [-0.1, -0.05) is 12.1 Å². The largest absolute Gasteiger partial charge is 0.487 e. The van der Waals surface area contributed by atoms with Crippen LogP contribution >= 0.6 is 18.9 Å². The number of hydrogen-bond donors (Lipinski definition) is 3. The molecule has 0 spiro atoms. The second kappa shape index (κ2) is 10.4. The van der Waals surface area contributed by atoms with Gasteiger partial charge in [-0.15, -0.1) is 11.3 Å². The van der Waals surface area contributed by atoms with Gasteiger partial charge < -0.3 is 14.5 Å². The fourth-order valence-electron chi connectivity index (χ4n) is 3.40. The summed E-state index contributed by atoms with van der Waals surface area (Å²) in [5.74, 6) is -2.52. The molecule has 1 atom stereocenters. The van der Waals surface area contributed by atoms with Crippen molar-refractivity contribution in [1.82, 2.24) is 4.72 Å². The molecule has 9 nitrogen and oxygen atoms in total. The Bertz CT molecular complexity index is 1600. The minimum atomic E-state index is -5.10. The third-order valence-corrected chi connectivity index (χ3v) is 9.45. The van der Waals surface area contributed by atoms with Crippen molar-refractivity contribution < 1.29 is 36.5 Å². The van der Waals surface area contributed by atoms with Crippen molar-refractivity contribution in [3.05, 3.63) is 90.0 Å². The van der Waals surface area contributed by atoms with E-state index >= 15 is 0 Å². The van der Waals surface area contributed by atoms with Crippen LogP contribution in [-0.2, 0) is 21.1 Å². The lowest BCUT2D eigenvalue weighted by atomic mass is 10.1. The maximum atomic E-state index is 14.1. The van der Waals surface area contributed by atoms with Gasteiger partial charge in [0.25, 0.3) is 10.0 Å². The van der Waals surface area contributed by atoms with Gasteiger partial charge in [0.1, 0.15) is 34.2 Å². The molecule has 0 aliphatic carbocycles. The van der Waals surface area contributed by atoms with Crippen LogP contribution in [0.15, 0.2) is 77.3 Å². The highest BCUT2D eigenvalue weighted by Crippen LogP contribution is 2.51. The normalized spacial score (nSPS) is 12.8. The van der Waals surface area contributed by atoms with Gasteiger partial charge in [0.15, 0.2) is 18.9 Å². The Labute approximate surface area is 210 Å². The number of nitrogens with zero attached hydrogens (tertiary/aromatic N) is 2. The summed E-state index contributed by atoms with van der Waals surface area (Å²) in [6.45, 7) is 1.01. The number of benzene rings is 2. The molecule has 2 aromatic carbocycles. The molecule has 2 aromatic heterocycles. The van der Waals surface area contributed by atoms with Crippen LogP contribution in [0.1, 0.15) is 16.9 Å². The van der Waals surface area contributed by atoms with E-state index < -0.39 is 29.2 Å². The molecule has 4 aromatic rings. The van der Waals surface area contributed by atoms with Crippen molar-refractivity contribution in [3.63, 3.8) is 0 Å².